The highest BCUT2D eigenvalue weighted by atomic mass is 16.4. The number of carboxylic acid groups (broad SMARTS) is 1. The van der Waals surface area contributed by atoms with Gasteiger partial charge in [-0.3, -0.25) is 0 Å². The first-order valence-electron chi connectivity index (χ1n) is 5.28. The first kappa shape index (κ1) is 11.2. The molecule has 2 rings (SSSR count). The van der Waals surface area contributed by atoms with Crippen LogP contribution in [0, 0.1) is 6.92 Å². The number of nitrogen functional groups attached to an aromatic ring is 1. The van der Waals surface area contributed by atoms with E-state index in [0.717, 1.165) is 11.1 Å². The average Bonchev–Trinajstić information content (AvgIpc) is 2.29. The van der Waals surface area contributed by atoms with Gasteiger partial charge < -0.3 is 10.8 Å². The number of anilines is 1. The van der Waals surface area contributed by atoms with E-state index in [4.69, 9.17) is 10.8 Å². The molecule has 0 fully saturated rings. The van der Waals surface area contributed by atoms with Gasteiger partial charge >= 0.3 is 5.97 Å². The largest absolute Gasteiger partial charge is 0.478 e. The van der Waals surface area contributed by atoms with Gasteiger partial charge in [0, 0.05) is 5.69 Å². The topological polar surface area (TPSA) is 63.3 Å². The minimum atomic E-state index is -1.00. The predicted octanol–water partition coefficient (Wildman–Crippen LogP) is 2.94. The molecule has 0 atom stereocenters. The molecular formula is C14H13NO2. The lowest BCUT2D eigenvalue weighted by molar-refractivity contribution is 0.0698. The quantitative estimate of drug-likeness (QED) is 0.775. The zero-order chi connectivity index (χ0) is 12.4. The van der Waals surface area contributed by atoms with Crippen molar-refractivity contribution in [2.75, 3.05) is 5.73 Å². The van der Waals surface area contributed by atoms with Crippen LogP contribution < -0.4 is 5.73 Å². The van der Waals surface area contributed by atoms with Crippen molar-refractivity contribution in [3.8, 4) is 11.1 Å². The Morgan fingerprint density at radius 1 is 1.06 bits per heavy atom. The summed E-state index contributed by atoms with van der Waals surface area (Å²) in [5.41, 5.74) is 9.27. The number of hydrogen-bond donors (Lipinski definition) is 2. The summed E-state index contributed by atoms with van der Waals surface area (Å²) in [4.78, 5) is 10.8. The van der Waals surface area contributed by atoms with Crippen molar-refractivity contribution in [3.63, 3.8) is 0 Å². The molecule has 0 aliphatic carbocycles. The molecule has 3 heteroatoms. The van der Waals surface area contributed by atoms with E-state index in [1.54, 1.807) is 12.1 Å². The Morgan fingerprint density at radius 3 is 2.18 bits per heavy atom. The fourth-order valence-electron chi connectivity index (χ4n) is 1.68. The summed E-state index contributed by atoms with van der Waals surface area (Å²) < 4.78 is 0. The van der Waals surface area contributed by atoms with Gasteiger partial charge in [0.2, 0.25) is 0 Å². The first-order valence-corrected chi connectivity index (χ1v) is 5.28. The Hall–Kier alpha value is -2.29. The van der Waals surface area contributed by atoms with Crippen LogP contribution in [-0.2, 0) is 0 Å². The lowest BCUT2D eigenvalue weighted by Gasteiger charge is -2.06. The van der Waals surface area contributed by atoms with Gasteiger partial charge in [0.15, 0.2) is 0 Å². The summed E-state index contributed by atoms with van der Waals surface area (Å²) in [5.74, 6) is -1.00. The molecule has 0 amide bonds. The molecule has 0 saturated heterocycles. The third-order valence-corrected chi connectivity index (χ3v) is 2.67. The van der Waals surface area contributed by atoms with E-state index >= 15 is 0 Å². The molecule has 0 bridgehead atoms. The van der Waals surface area contributed by atoms with Crippen molar-refractivity contribution in [2.45, 2.75) is 6.92 Å². The predicted molar refractivity (Wildman–Crippen MR) is 68.0 cm³/mol. The number of benzene rings is 2. The van der Waals surface area contributed by atoms with Crippen molar-refractivity contribution in [1.29, 1.82) is 0 Å². The van der Waals surface area contributed by atoms with Crippen LogP contribution in [0.4, 0.5) is 5.69 Å². The van der Waals surface area contributed by atoms with Crippen molar-refractivity contribution in [3.05, 3.63) is 53.6 Å². The van der Waals surface area contributed by atoms with Crippen molar-refractivity contribution < 1.29 is 9.90 Å². The minimum absolute atomic E-state index is 0.140. The van der Waals surface area contributed by atoms with Gasteiger partial charge in [-0.05, 0) is 30.2 Å². The first-order chi connectivity index (χ1) is 8.08. The molecule has 0 heterocycles. The second-order valence-electron chi connectivity index (χ2n) is 3.97. The molecule has 17 heavy (non-hydrogen) atoms. The van der Waals surface area contributed by atoms with Crippen LogP contribution >= 0.6 is 0 Å². The summed E-state index contributed by atoms with van der Waals surface area (Å²) in [5, 5.41) is 8.88. The molecule has 2 aromatic carbocycles. The van der Waals surface area contributed by atoms with Gasteiger partial charge in [0.05, 0.1) is 5.56 Å². The molecule has 0 aliphatic rings. The Labute approximate surface area is 99.5 Å². The maximum absolute atomic E-state index is 10.8. The Morgan fingerprint density at radius 2 is 1.65 bits per heavy atom. The summed E-state index contributed by atoms with van der Waals surface area (Å²) >= 11 is 0. The zero-order valence-electron chi connectivity index (χ0n) is 9.47. The van der Waals surface area contributed by atoms with Gasteiger partial charge in [-0.1, -0.05) is 35.9 Å². The van der Waals surface area contributed by atoms with Crippen LogP contribution in [0.3, 0.4) is 0 Å². The maximum atomic E-state index is 10.8. The molecule has 0 saturated carbocycles. The summed E-state index contributed by atoms with van der Waals surface area (Å²) in [6, 6.07) is 13.0. The maximum Gasteiger partial charge on any atom is 0.337 e. The summed E-state index contributed by atoms with van der Waals surface area (Å²) in [6.07, 6.45) is 0. The lowest BCUT2D eigenvalue weighted by Crippen LogP contribution is -2.02. The monoisotopic (exact) mass is 227 g/mol. The summed E-state index contributed by atoms with van der Waals surface area (Å²) in [7, 11) is 0. The van der Waals surface area contributed by atoms with E-state index in [-0.39, 0.29) is 11.3 Å². The van der Waals surface area contributed by atoms with E-state index in [1.165, 1.54) is 11.6 Å². The van der Waals surface area contributed by atoms with Crippen LogP contribution in [0.2, 0.25) is 0 Å². The molecule has 0 radical (unpaired) electrons. The molecule has 2 aromatic rings. The number of carbonyl (C=O) groups is 1. The zero-order valence-corrected chi connectivity index (χ0v) is 9.47. The second kappa shape index (κ2) is 4.29. The molecule has 0 aliphatic heterocycles. The van der Waals surface area contributed by atoms with Gasteiger partial charge in [-0.2, -0.15) is 0 Å². The number of carboxylic acids is 1. The van der Waals surface area contributed by atoms with E-state index in [0.29, 0.717) is 0 Å². The second-order valence-corrected chi connectivity index (χ2v) is 3.97. The van der Waals surface area contributed by atoms with Crippen LogP contribution in [-0.4, -0.2) is 11.1 Å². The molecule has 0 spiro atoms. The van der Waals surface area contributed by atoms with Gasteiger partial charge in [-0.25, -0.2) is 4.79 Å². The molecule has 86 valence electrons. The molecular weight excluding hydrogens is 214 g/mol. The van der Waals surface area contributed by atoms with Crippen LogP contribution in [0.5, 0.6) is 0 Å². The normalized spacial score (nSPS) is 10.2. The highest BCUT2D eigenvalue weighted by Gasteiger charge is 2.08. The smallest absolute Gasteiger partial charge is 0.337 e. The fourth-order valence-corrected chi connectivity index (χ4v) is 1.68. The molecule has 0 unspecified atom stereocenters. The summed E-state index contributed by atoms with van der Waals surface area (Å²) in [6.45, 7) is 2.02. The number of rotatable bonds is 2. The van der Waals surface area contributed by atoms with Crippen LogP contribution in [0.25, 0.3) is 11.1 Å². The van der Waals surface area contributed by atoms with Crippen molar-refractivity contribution in [2.24, 2.45) is 0 Å². The standard InChI is InChI=1S/C14H13NO2/c1-9-2-4-10(5-3-9)11-6-7-12(14(16)17)13(15)8-11/h2-8H,15H2,1H3,(H,16,17). The van der Waals surface area contributed by atoms with Crippen molar-refractivity contribution in [1.82, 2.24) is 0 Å². The van der Waals surface area contributed by atoms with Crippen LogP contribution in [0.15, 0.2) is 42.5 Å². The molecule has 3 N–H and O–H groups in total. The Kier molecular flexibility index (Phi) is 2.83. The highest BCUT2D eigenvalue weighted by molar-refractivity contribution is 5.94. The lowest BCUT2D eigenvalue weighted by atomic mass is 10.0. The highest BCUT2D eigenvalue weighted by Crippen LogP contribution is 2.24. The Balaban J connectivity index is 2.44. The number of aromatic carboxylic acids is 1. The van der Waals surface area contributed by atoms with Crippen molar-refractivity contribution >= 4 is 11.7 Å². The van der Waals surface area contributed by atoms with E-state index in [2.05, 4.69) is 0 Å². The van der Waals surface area contributed by atoms with E-state index in [1.807, 2.05) is 31.2 Å². The third kappa shape index (κ3) is 2.28. The van der Waals surface area contributed by atoms with E-state index < -0.39 is 5.97 Å². The average molecular weight is 227 g/mol. The third-order valence-electron chi connectivity index (χ3n) is 2.67. The fraction of sp³-hybridized carbons (Fsp3) is 0.0714. The number of hydrogen-bond acceptors (Lipinski definition) is 2. The number of aryl methyl sites for hydroxylation is 1. The Bertz CT molecular complexity index is 559. The molecule has 3 nitrogen and oxygen atoms in total. The van der Waals surface area contributed by atoms with E-state index in [9.17, 15) is 4.79 Å². The van der Waals surface area contributed by atoms with Gasteiger partial charge in [0.25, 0.3) is 0 Å². The van der Waals surface area contributed by atoms with Gasteiger partial charge in [-0.15, -0.1) is 0 Å². The number of nitrogens with two attached hydrogens (primary N) is 1. The SMILES string of the molecule is Cc1ccc(-c2ccc(C(=O)O)c(N)c2)cc1. The minimum Gasteiger partial charge on any atom is -0.478 e. The molecule has 0 aromatic heterocycles. The van der Waals surface area contributed by atoms with Gasteiger partial charge in [0.1, 0.15) is 0 Å². The van der Waals surface area contributed by atoms with Crippen LogP contribution in [0.1, 0.15) is 15.9 Å².